The van der Waals surface area contributed by atoms with E-state index in [0.717, 1.165) is 16.9 Å². The predicted octanol–water partition coefficient (Wildman–Crippen LogP) is 3.41. The highest BCUT2D eigenvalue weighted by atomic mass is 14.9. The van der Waals surface area contributed by atoms with Crippen LogP contribution in [0.4, 0.5) is 5.69 Å². The summed E-state index contributed by atoms with van der Waals surface area (Å²) in [5, 5.41) is 0. The van der Waals surface area contributed by atoms with Gasteiger partial charge in [0.15, 0.2) is 5.69 Å². The summed E-state index contributed by atoms with van der Waals surface area (Å²) in [5.41, 5.74) is 2.52. The number of nitrogens with zero attached hydrogens (tertiary/aromatic N) is 2. The molecule has 1 heterocycles. The van der Waals surface area contributed by atoms with Gasteiger partial charge < -0.3 is 4.98 Å². The van der Waals surface area contributed by atoms with E-state index in [-0.39, 0.29) is 5.41 Å². The van der Waals surface area contributed by atoms with Gasteiger partial charge in [0.25, 0.3) is 0 Å². The molecule has 0 unspecified atom stereocenters. The molecule has 2 aromatic rings. The second-order valence-electron chi connectivity index (χ2n) is 4.65. The van der Waals surface area contributed by atoms with Crippen molar-refractivity contribution in [1.82, 2.24) is 9.97 Å². The topological polar surface area (TPSA) is 33.0 Å². The Balaban J connectivity index is 2.62. The Morgan fingerprint density at radius 1 is 1.33 bits per heavy atom. The number of rotatable bonds is 0. The van der Waals surface area contributed by atoms with Gasteiger partial charge in [-0.3, -0.25) is 0 Å². The molecule has 3 nitrogen and oxygen atoms in total. The fraction of sp³-hybridized carbons (Fsp3) is 0.333. The molecule has 3 heteroatoms. The van der Waals surface area contributed by atoms with Crippen molar-refractivity contribution in [1.29, 1.82) is 0 Å². The lowest BCUT2D eigenvalue weighted by molar-refractivity contribution is 0.554. The lowest BCUT2D eigenvalue weighted by Gasteiger charge is -2.13. The third-order valence-corrected chi connectivity index (χ3v) is 2.30. The van der Waals surface area contributed by atoms with Crippen molar-refractivity contribution in [3.8, 4) is 0 Å². The summed E-state index contributed by atoms with van der Waals surface area (Å²) < 4.78 is 0. The van der Waals surface area contributed by atoms with Gasteiger partial charge in [0.2, 0.25) is 0 Å². The van der Waals surface area contributed by atoms with E-state index in [9.17, 15) is 0 Å². The van der Waals surface area contributed by atoms with Gasteiger partial charge in [-0.1, -0.05) is 26.8 Å². The van der Waals surface area contributed by atoms with Gasteiger partial charge >= 0.3 is 0 Å². The monoisotopic (exact) mass is 199 g/mol. The van der Waals surface area contributed by atoms with Crippen LogP contribution < -0.4 is 0 Å². The molecule has 0 aliphatic carbocycles. The number of fused-ring (bicyclic) bond motifs is 1. The first-order valence-electron chi connectivity index (χ1n) is 4.88. The Labute approximate surface area is 89.0 Å². The first kappa shape index (κ1) is 9.72. The Morgan fingerprint density at radius 3 is 2.67 bits per heavy atom. The standard InChI is InChI=1S/C12H13N3/c1-12(2,3)11-14-9-6-5-8(13-4)7-10(9)15-11/h5-7H,1-3H3,(H,14,15). The summed E-state index contributed by atoms with van der Waals surface area (Å²) in [7, 11) is 0. The lowest BCUT2D eigenvalue weighted by Crippen LogP contribution is -2.12. The van der Waals surface area contributed by atoms with Crippen molar-refractivity contribution in [3.63, 3.8) is 0 Å². The third-order valence-electron chi connectivity index (χ3n) is 2.30. The second-order valence-corrected chi connectivity index (χ2v) is 4.65. The number of imidazole rings is 1. The fourth-order valence-electron chi connectivity index (χ4n) is 1.42. The number of benzene rings is 1. The highest BCUT2D eigenvalue weighted by molar-refractivity contribution is 5.79. The lowest BCUT2D eigenvalue weighted by atomic mass is 9.96. The number of H-pyrrole nitrogens is 1. The van der Waals surface area contributed by atoms with Crippen LogP contribution in [0, 0.1) is 6.57 Å². The van der Waals surface area contributed by atoms with Gasteiger partial charge in [-0.2, -0.15) is 0 Å². The minimum Gasteiger partial charge on any atom is -0.343 e. The molecule has 15 heavy (non-hydrogen) atoms. The highest BCUT2D eigenvalue weighted by Gasteiger charge is 2.17. The van der Waals surface area contributed by atoms with E-state index in [1.807, 2.05) is 12.1 Å². The van der Waals surface area contributed by atoms with Gasteiger partial charge in [-0.25, -0.2) is 9.83 Å². The maximum Gasteiger partial charge on any atom is 0.189 e. The molecule has 0 aliphatic rings. The minimum absolute atomic E-state index is 0.0112. The van der Waals surface area contributed by atoms with Gasteiger partial charge in [0.05, 0.1) is 17.6 Å². The van der Waals surface area contributed by atoms with Crippen LogP contribution in [-0.2, 0) is 5.41 Å². The normalized spacial score (nSPS) is 11.6. The fourth-order valence-corrected chi connectivity index (χ4v) is 1.42. The zero-order chi connectivity index (χ0) is 11.1. The molecular weight excluding hydrogens is 186 g/mol. The molecule has 0 aliphatic heterocycles. The van der Waals surface area contributed by atoms with Crippen molar-refractivity contribution < 1.29 is 0 Å². The summed E-state index contributed by atoms with van der Waals surface area (Å²) in [6, 6.07) is 5.52. The molecule has 0 saturated heterocycles. The molecule has 1 aromatic carbocycles. The van der Waals surface area contributed by atoms with Crippen LogP contribution in [0.2, 0.25) is 0 Å². The maximum absolute atomic E-state index is 6.94. The smallest absolute Gasteiger partial charge is 0.189 e. The van der Waals surface area contributed by atoms with E-state index in [4.69, 9.17) is 6.57 Å². The van der Waals surface area contributed by atoms with E-state index < -0.39 is 0 Å². The predicted molar refractivity (Wildman–Crippen MR) is 61.1 cm³/mol. The zero-order valence-electron chi connectivity index (χ0n) is 9.13. The molecule has 0 radical (unpaired) electrons. The number of nitrogens with one attached hydrogen (secondary N) is 1. The van der Waals surface area contributed by atoms with Crippen molar-refractivity contribution >= 4 is 16.7 Å². The molecule has 76 valence electrons. The van der Waals surface area contributed by atoms with Crippen LogP contribution in [0.3, 0.4) is 0 Å². The summed E-state index contributed by atoms with van der Waals surface area (Å²) in [5.74, 6) is 0.958. The summed E-state index contributed by atoms with van der Waals surface area (Å²) in [6.45, 7) is 13.3. The van der Waals surface area contributed by atoms with E-state index in [1.165, 1.54) is 0 Å². The molecule has 1 aromatic heterocycles. The number of hydrogen-bond donors (Lipinski definition) is 1. The van der Waals surface area contributed by atoms with Crippen LogP contribution in [-0.4, -0.2) is 9.97 Å². The largest absolute Gasteiger partial charge is 0.343 e. The summed E-state index contributed by atoms with van der Waals surface area (Å²) >= 11 is 0. The Morgan fingerprint density at radius 2 is 2.07 bits per heavy atom. The third kappa shape index (κ3) is 1.71. The Bertz CT molecular complexity index is 538. The number of aromatic amines is 1. The van der Waals surface area contributed by atoms with Crippen molar-refractivity contribution in [2.24, 2.45) is 0 Å². The van der Waals surface area contributed by atoms with Crippen molar-refractivity contribution in [2.45, 2.75) is 26.2 Å². The summed E-state index contributed by atoms with van der Waals surface area (Å²) in [4.78, 5) is 11.2. The Kier molecular flexibility index (Phi) is 2.01. The summed E-state index contributed by atoms with van der Waals surface area (Å²) in [6.07, 6.45) is 0. The van der Waals surface area contributed by atoms with Crippen LogP contribution in [0.25, 0.3) is 15.9 Å². The maximum atomic E-state index is 6.94. The molecule has 2 rings (SSSR count). The molecule has 0 amide bonds. The van der Waals surface area contributed by atoms with Crippen molar-refractivity contribution in [3.05, 3.63) is 35.4 Å². The highest BCUT2D eigenvalue weighted by Crippen LogP contribution is 2.24. The van der Waals surface area contributed by atoms with Crippen LogP contribution in [0.1, 0.15) is 26.6 Å². The van der Waals surface area contributed by atoms with E-state index >= 15 is 0 Å². The van der Waals surface area contributed by atoms with Crippen LogP contribution in [0.5, 0.6) is 0 Å². The quantitative estimate of drug-likeness (QED) is 0.648. The average molecular weight is 199 g/mol. The molecule has 0 fully saturated rings. The Hall–Kier alpha value is -1.82. The number of hydrogen-bond acceptors (Lipinski definition) is 1. The molecule has 0 spiro atoms. The van der Waals surface area contributed by atoms with Gasteiger partial charge in [-0.05, 0) is 12.1 Å². The second kappa shape index (κ2) is 3.09. The molecule has 0 atom stereocenters. The van der Waals surface area contributed by atoms with Gasteiger partial charge in [0, 0.05) is 5.41 Å². The molecular formula is C12H13N3. The average Bonchev–Trinajstić information content (AvgIpc) is 2.59. The van der Waals surface area contributed by atoms with Gasteiger partial charge in [-0.15, -0.1) is 0 Å². The zero-order valence-corrected chi connectivity index (χ0v) is 9.13. The minimum atomic E-state index is 0.0112. The van der Waals surface area contributed by atoms with Crippen LogP contribution in [0.15, 0.2) is 18.2 Å². The van der Waals surface area contributed by atoms with E-state index in [1.54, 1.807) is 6.07 Å². The van der Waals surface area contributed by atoms with E-state index in [2.05, 4.69) is 35.6 Å². The van der Waals surface area contributed by atoms with Crippen molar-refractivity contribution in [2.75, 3.05) is 0 Å². The first-order chi connectivity index (χ1) is 7.00. The molecule has 1 N–H and O–H groups in total. The SMILES string of the molecule is [C-]#[N+]c1ccc2nc(C(C)(C)C)[nH]c2c1. The molecule has 0 saturated carbocycles. The molecule has 0 bridgehead atoms. The van der Waals surface area contributed by atoms with Crippen LogP contribution >= 0.6 is 0 Å². The van der Waals surface area contributed by atoms with E-state index in [0.29, 0.717) is 5.69 Å². The first-order valence-corrected chi connectivity index (χ1v) is 4.88. The van der Waals surface area contributed by atoms with Gasteiger partial charge in [0.1, 0.15) is 5.82 Å². The number of aromatic nitrogens is 2.